The Balaban J connectivity index is 1.50. The van der Waals surface area contributed by atoms with E-state index < -0.39 is 5.82 Å². The van der Waals surface area contributed by atoms with E-state index in [9.17, 15) is 4.39 Å². The molecule has 0 aliphatic carbocycles. The van der Waals surface area contributed by atoms with E-state index in [1.807, 2.05) is 12.1 Å². The number of H-pyrrole nitrogens is 1. The van der Waals surface area contributed by atoms with Gasteiger partial charge in [0.15, 0.2) is 11.6 Å². The number of anilines is 2. The maximum absolute atomic E-state index is 14.0. The molecular formula is C18H16FN7. The third-order valence-corrected chi connectivity index (χ3v) is 4.58. The van der Waals surface area contributed by atoms with Crippen LogP contribution in [0.3, 0.4) is 0 Å². The van der Waals surface area contributed by atoms with E-state index in [4.69, 9.17) is 0 Å². The molecule has 4 aromatic rings. The van der Waals surface area contributed by atoms with E-state index in [0.717, 1.165) is 36.9 Å². The molecule has 0 spiro atoms. The average molecular weight is 349 g/mol. The first-order valence-electron chi connectivity index (χ1n) is 8.40. The Kier molecular flexibility index (Phi) is 3.42. The van der Waals surface area contributed by atoms with E-state index >= 15 is 0 Å². The molecule has 1 aliphatic rings. The molecule has 0 fully saturated rings. The highest BCUT2D eigenvalue weighted by Gasteiger charge is 2.15. The van der Waals surface area contributed by atoms with Gasteiger partial charge in [0.25, 0.3) is 0 Å². The zero-order valence-corrected chi connectivity index (χ0v) is 13.8. The van der Waals surface area contributed by atoms with E-state index in [1.165, 1.54) is 27.5 Å². The SMILES string of the molecule is Fc1cnc(Nc2ccc3[nH]c4c(c3c2)CNCC4)nc1-n1ccnc1. The molecule has 0 amide bonds. The molecule has 3 aromatic heterocycles. The molecule has 5 rings (SSSR count). The van der Waals surface area contributed by atoms with Crippen LogP contribution in [0.15, 0.2) is 43.1 Å². The van der Waals surface area contributed by atoms with Crippen molar-refractivity contribution in [2.45, 2.75) is 13.0 Å². The fourth-order valence-corrected chi connectivity index (χ4v) is 3.34. The molecule has 7 nitrogen and oxygen atoms in total. The number of benzene rings is 1. The highest BCUT2D eigenvalue weighted by molar-refractivity contribution is 5.88. The molecule has 0 bridgehead atoms. The average Bonchev–Trinajstić information content (AvgIpc) is 3.31. The lowest BCUT2D eigenvalue weighted by atomic mass is 10.1. The third kappa shape index (κ3) is 2.51. The lowest BCUT2D eigenvalue weighted by Gasteiger charge is -2.12. The summed E-state index contributed by atoms with van der Waals surface area (Å²) >= 11 is 0. The summed E-state index contributed by atoms with van der Waals surface area (Å²) < 4.78 is 15.5. The van der Waals surface area contributed by atoms with Gasteiger partial charge in [-0.25, -0.2) is 14.4 Å². The number of nitrogens with zero attached hydrogens (tertiary/aromatic N) is 4. The Morgan fingerprint density at radius 2 is 2.23 bits per heavy atom. The number of nitrogens with one attached hydrogen (secondary N) is 3. The van der Waals surface area contributed by atoms with Crippen LogP contribution in [-0.2, 0) is 13.0 Å². The second kappa shape index (κ2) is 5.92. The summed E-state index contributed by atoms with van der Waals surface area (Å²) in [6, 6.07) is 6.07. The van der Waals surface area contributed by atoms with Gasteiger partial charge in [-0.1, -0.05) is 0 Å². The standard InChI is InChI=1S/C18H16FN7/c19-14-9-22-18(25-17(14)26-6-5-21-10-26)23-11-1-2-15-12(7-11)13-8-20-4-3-16(13)24-15/h1-2,5-7,9-10,20,24H,3-4,8H2,(H,22,23,25). The summed E-state index contributed by atoms with van der Waals surface area (Å²) in [5.74, 6) is -0.0175. The minimum atomic E-state index is -0.505. The first kappa shape index (κ1) is 15.0. The summed E-state index contributed by atoms with van der Waals surface area (Å²) in [5.41, 5.74) is 4.56. The molecule has 1 aliphatic heterocycles. The number of fused-ring (bicyclic) bond motifs is 3. The van der Waals surface area contributed by atoms with Crippen molar-refractivity contribution in [2.24, 2.45) is 0 Å². The zero-order valence-electron chi connectivity index (χ0n) is 13.8. The summed E-state index contributed by atoms with van der Waals surface area (Å²) in [5, 5.41) is 7.74. The predicted octanol–water partition coefficient (Wildman–Crippen LogP) is 2.67. The summed E-state index contributed by atoms with van der Waals surface area (Å²) in [7, 11) is 0. The fourth-order valence-electron chi connectivity index (χ4n) is 3.34. The van der Waals surface area contributed by atoms with Gasteiger partial charge in [0.2, 0.25) is 5.95 Å². The number of halogens is 1. The van der Waals surface area contributed by atoms with Crippen molar-refractivity contribution in [1.29, 1.82) is 0 Å². The Bertz CT molecular complexity index is 1080. The van der Waals surface area contributed by atoms with Gasteiger partial charge in [-0.2, -0.15) is 4.98 Å². The number of aromatic nitrogens is 5. The van der Waals surface area contributed by atoms with Crippen LogP contribution in [0.4, 0.5) is 16.0 Å². The van der Waals surface area contributed by atoms with Crippen LogP contribution < -0.4 is 10.6 Å². The number of hydrogen-bond acceptors (Lipinski definition) is 5. The second-order valence-corrected chi connectivity index (χ2v) is 6.23. The third-order valence-electron chi connectivity index (χ3n) is 4.58. The molecule has 3 N–H and O–H groups in total. The van der Waals surface area contributed by atoms with Crippen molar-refractivity contribution in [3.8, 4) is 5.82 Å². The van der Waals surface area contributed by atoms with Gasteiger partial charge in [-0.15, -0.1) is 0 Å². The zero-order chi connectivity index (χ0) is 17.5. The quantitative estimate of drug-likeness (QED) is 0.530. The summed E-state index contributed by atoms with van der Waals surface area (Å²) in [6.07, 6.45) is 6.87. The molecule has 130 valence electrons. The minimum Gasteiger partial charge on any atom is -0.358 e. The molecule has 26 heavy (non-hydrogen) atoms. The van der Waals surface area contributed by atoms with Gasteiger partial charge < -0.3 is 15.6 Å². The molecule has 0 atom stereocenters. The molecule has 0 radical (unpaired) electrons. The molecule has 0 saturated carbocycles. The summed E-state index contributed by atoms with van der Waals surface area (Å²) in [4.78, 5) is 15.7. The molecule has 8 heteroatoms. The minimum absolute atomic E-state index is 0.157. The van der Waals surface area contributed by atoms with Crippen LogP contribution in [-0.4, -0.2) is 31.0 Å². The van der Waals surface area contributed by atoms with Gasteiger partial charge in [-0.3, -0.25) is 4.57 Å². The van der Waals surface area contributed by atoms with Crippen molar-refractivity contribution >= 4 is 22.5 Å². The van der Waals surface area contributed by atoms with Gasteiger partial charge in [0, 0.05) is 54.2 Å². The lowest BCUT2D eigenvalue weighted by molar-refractivity contribution is 0.602. The van der Waals surface area contributed by atoms with Crippen molar-refractivity contribution in [1.82, 2.24) is 29.8 Å². The van der Waals surface area contributed by atoms with Crippen molar-refractivity contribution in [2.75, 3.05) is 11.9 Å². The predicted molar refractivity (Wildman–Crippen MR) is 96.1 cm³/mol. The van der Waals surface area contributed by atoms with E-state index in [2.05, 4.69) is 36.6 Å². The normalized spacial score (nSPS) is 13.7. The highest BCUT2D eigenvalue weighted by atomic mass is 19.1. The number of aromatic amines is 1. The van der Waals surface area contributed by atoms with Crippen molar-refractivity contribution < 1.29 is 4.39 Å². The Morgan fingerprint density at radius 1 is 1.27 bits per heavy atom. The first-order valence-corrected chi connectivity index (χ1v) is 8.40. The largest absolute Gasteiger partial charge is 0.358 e. The van der Waals surface area contributed by atoms with Crippen LogP contribution >= 0.6 is 0 Å². The maximum atomic E-state index is 14.0. The Hall–Kier alpha value is -3.26. The molecular weight excluding hydrogens is 333 g/mol. The van der Waals surface area contributed by atoms with Crippen LogP contribution in [0.2, 0.25) is 0 Å². The summed E-state index contributed by atoms with van der Waals surface area (Å²) in [6.45, 7) is 1.85. The Labute approximate surface area is 148 Å². The number of hydrogen-bond donors (Lipinski definition) is 3. The molecule has 0 unspecified atom stereocenters. The van der Waals surface area contributed by atoms with E-state index in [1.54, 1.807) is 12.4 Å². The van der Waals surface area contributed by atoms with Crippen molar-refractivity contribution in [3.05, 3.63) is 60.2 Å². The molecule has 0 saturated heterocycles. The molecule has 4 heterocycles. The van der Waals surface area contributed by atoms with Gasteiger partial charge >= 0.3 is 0 Å². The number of imidazole rings is 1. The fraction of sp³-hybridized carbons (Fsp3) is 0.167. The highest BCUT2D eigenvalue weighted by Crippen LogP contribution is 2.28. The monoisotopic (exact) mass is 349 g/mol. The lowest BCUT2D eigenvalue weighted by Crippen LogP contribution is -2.22. The van der Waals surface area contributed by atoms with E-state index in [-0.39, 0.29) is 5.82 Å². The van der Waals surface area contributed by atoms with Crippen molar-refractivity contribution in [3.63, 3.8) is 0 Å². The maximum Gasteiger partial charge on any atom is 0.229 e. The number of rotatable bonds is 3. The van der Waals surface area contributed by atoms with E-state index in [0.29, 0.717) is 5.95 Å². The van der Waals surface area contributed by atoms with Crippen LogP contribution in [0.25, 0.3) is 16.7 Å². The first-order chi connectivity index (χ1) is 12.8. The van der Waals surface area contributed by atoms with Gasteiger partial charge in [0.05, 0.1) is 6.20 Å². The molecule has 1 aromatic carbocycles. The second-order valence-electron chi connectivity index (χ2n) is 6.23. The smallest absolute Gasteiger partial charge is 0.229 e. The van der Waals surface area contributed by atoms with Crippen LogP contribution in [0, 0.1) is 5.82 Å². The van der Waals surface area contributed by atoms with Gasteiger partial charge in [-0.05, 0) is 23.8 Å². The van der Waals surface area contributed by atoms with Crippen LogP contribution in [0.5, 0.6) is 0 Å². The van der Waals surface area contributed by atoms with Crippen LogP contribution in [0.1, 0.15) is 11.3 Å². The topological polar surface area (TPSA) is 83.5 Å². The van der Waals surface area contributed by atoms with Gasteiger partial charge in [0.1, 0.15) is 6.33 Å². The Morgan fingerprint density at radius 3 is 3.12 bits per heavy atom.